The van der Waals surface area contributed by atoms with E-state index in [-0.39, 0.29) is 6.10 Å². The molecule has 1 aliphatic heterocycles. The Kier molecular flexibility index (Phi) is 6.49. The molecule has 1 saturated heterocycles. The summed E-state index contributed by atoms with van der Waals surface area (Å²) in [6, 6.07) is 7.97. The third kappa shape index (κ3) is 4.85. The summed E-state index contributed by atoms with van der Waals surface area (Å²) in [7, 11) is 0. The van der Waals surface area contributed by atoms with Gasteiger partial charge in [-0.15, -0.1) is 0 Å². The summed E-state index contributed by atoms with van der Waals surface area (Å²) in [4.78, 5) is 4.99. The van der Waals surface area contributed by atoms with Gasteiger partial charge in [-0.2, -0.15) is 0 Å². The van der Waals surface area contributed by atoms with Crippen LogP contribution < -0.4 is 0 Å². The summed E-state index contributed by atoms with van der Waals surface area (Å²) in [5, 5.41) is 10.3. The fourth-order valence-corrected chi connectivity index (χ4v) is 3.16. The molecule has 1 unspecified atom stereocenters. The van der Waals surface area contributed by atoms with Crippen molar-refractivity contribution in [3.63, 3.8) is 0 Å². The second kappa shape index (κ2) is 8.13. The summed E-state index contributed by atoms with van der Waals surface area (Å²) in [6.45, 7) is 9.03. The van der Waals surface area contributed by atoms with Gasteiger partial charge >= 0.3 is 0 Å². The first-order valence-corrected chi connectivity index (χ1v) is 8.36. The van der Waals surface area contributed by atoms with E-state index in [2.05, 4.69) is 32.7 Å². The van der Waals surface area contributed by atoms with E-state index in [4.69, 9.17) is 0 Å². The van der Waals surface area contributed by atoms with Crippen molar-refractivity contribution in [2.45, 2.75) is 25.9 Å². The molecule has 1 N–H and O–H groups in total. The molecular weight excluding hydrogens is 316 g/mol. The molecule has 1 fully saturated rings. The van der Waals surface area contributed by atoms with E-state index in [1.54, 1.807) is 0 Å². The quantitative estimate of drug-likeness (QED) is 0.862. The lowest BCUT2D eigenvalue weighted by Gasteiger charge is -2.34. The number of halogens is 1. The Bertz CT molecular complexity index is 405. The highest BCUT2D eigenvalue weighted by molar-refractivity contribution is 9.10. The van der Waals surface area contributed by atoms with Gasteiger partial charge in [-0.3, -0.25) is 0 Å². The third-order valence-electron chi connectivity index (χ3n) is 3.96. The van der Waals surface area contributed by atoms with Gasteiger partial charge in [-0.05, 0) is 37.1 Å². The van der Waals surface area contributed by atoms with Gasteiger partial charge in [0.15, 0.2) is 0 Å². The maximum atomic E-state index is 10.3. The first-order valence-electron chi connectivity index (χ1n) is 7.57. The number of aliphatic hydroxyl groups excluding tert-OH is 1. The van der Waals surface area contributed by atoms with E-state index in [1.807, 2.05) is 24.3 Å². The molecule has 0 spiro atoms. The SMILES string of the molecule is CCCN1CCN(CCC(O)c2cccc(Br)c2)CC1. The number of hydrogen-bond donors (Lipinski definition) is 1. The molecule has 0 aliphatic carbocycles. The van der Waals surface area contributed by atoms with Crippen LogP contribution in [0.1, 0.15) is 31.4 Å². The van der Waals surface area contributed by atoms with Crippen LogP contribution >= 0.6 is 15.9 Å². The largest absolute Gasteiger partial charge is 0.388 e. The molecule has 1 atom stereocenters. The standard InChI is InChI=1S/C16H25BrN2O/c1-2-7-18-9-11-19(12-10-18)8-6-16(20)14-4-3-5-15(17)13-14/h3-5,13,16,20H,2,6-12H2,1H3. The number of benzene rings is 1. The van der Waals surface area contributed by atoms with Crippen LogP contribution in [0.2, 0.25) is 0 Å². The molecule has 2 rings (SSSR count). The van der Waals surface area contributed by atoms with Crippen molar-refractivity contribution in [3.05, 3.63) is 34.3 Å². The second-order valence-corrected chi connectivity index (χ2v) is 6.46. The van der Waals surface area contributed by atoms with Gasteiger partial charge in [0.1, 0.15) is 0 Å². The molecule has 1 aliphatic rings. The molecule has 0 amide bonds. The molecule has 0 saturated carbocycles. The summed E-state index contributed by atoms with van der Waals surface area (Å²) in [5.41, 5.74) is 1.00. The van der Waals surface area contributed by atoms with Gasteiger partial charge in [0.25, 0.3) is 0 Å². The van der Waals surface area contributed by atoms with Crippen molar-refractivity contribution in [3.8, 4) is 0 Å². The van der Waals surface area contributed by atoms with E-state index < -0.39 is 0 Å². The van der Waals surface area contributed by atoms with Gasteiger partial charge < -0.3 is 14.9 Å². The molecule has 112 valence electrons. The van der Waals surface area contributed by atoms with Crippen molar-refractivity contribution >= 4 is 15.9 Å². The molecule has 20 heavy (non-hydrogen) atoms. The molecule has 0 aromatic heterocycles. The fourth-order valence-electron chi connectivity index (χ4n) is 2.74. The van der Waals surface area contributed by atoms with Gasteiger partial charge in [0.05, 0.1) is 6.10 Å². The Morgan fingerprint density at radius 2 is 1.80 bits per heavy atom. The minimum absolute atomic E-state index is 0.360. The number of piperazine rings is 1. The lowest BCUT2D eigenvalue weighted by Crippen LogP contribution is -2.46. The predicted molar refractivity (Wildman–Crippen MR) is 86.9 cm³/mol. The van der Waals surface area contributed by atoms with Crippen molar-refractivity contribution in [1.29, 1.82) is 0 Å². The molecule has 0 radical (unpaired) electrons. The van der Waals surface area contributed by atoms with Crippen molar-refractivity contribution in [1.82, 2.24) is 9.80 Å². The highest BCUT2D eigenvalue weighted by atomic mass is 79.9. The number of aliphatic hydroxyl groups is 1. The lowest BCUT2D eigenvalue weighted by atomic mass is 10.1. The van der Waals surface area contributed by atoms with E-state index in [0.717, 1.165) is 36.1 Å². The highest BCUT2D eigenvalue weighted by Gasteiger charge is 2.17. The Morgan fingerprint density at radius 3 is 2.40 bits per heavy atom. The average Bonchev–Trinajstić information content (AvgIpc) is 2.46. The van der Waals surface area contributed by atoms with Crippen LogP contribution in [-0.4, -0.2) is 54.2 Å². The van der Waals surface area contributed by atoms with Gasteiger partial charge in [0, 0.05) is 37.2 Å². The van der Waals surface area contributed by atoms with Crippen LogP contribution in [0.25, 0.3) is 0 Å². The molecule has 4 heteroatoms. The number of rotatable bonds is 6. The Labute approximate surface area is 130 Å². The van der Waals surface area contributed by atoms with Gasteiger partial charge in [0.2, 0.25) is 0 Å². The molecule has 1 aromatic rings. The molecule has 1 aromatic carbocycles. The smallest absolute Gasteiger partial charge is 0.0802 e. The zero-order chi connectivity index (χ0) is 14.4. The highest BCUT2D eigenvalue weighted by Crippen LogP contribution is 2.21. The van der Waals surface area contributed by atoms with E-state index in [9.17, 15) is 5.11 Å². The third-order valence-corrected chi connectivity index (χ3v) is 4.45. The molecular formula is C16H25BrN2O. The minimum atomic E-state index is -0.360. The maximum absolute atomic E-state index is 10.3. The van der Waals surface area contributed by atoms with Gasteiger partial charge in [-0.25, -0.2) is 0 Å². The van der Waals surface area contributed by atoms with Crippen molar-refractivity contribution in [2.75, 3.05) is 39.3 Å². The monoisotopic (exact) mass is 340 g/mol. The summed E-state index contributed by atoms with van der Waals surface area (Å²) >= 11 is 3.45. The van der Waals surface area contributed by atoms with Crippen molar-refractivity contribution < 1.29 is 5.11 Å². The van der Waals surface area contributed by atoms with Crippen LogP contribution in [0, 0.1) is 0 Å². The van der Waals surface area contributed by atoms with Crippen LogP contribution in [0.3, 0.4) is 0 Å². The lowest BCUT2D eigenvalue weighted by molar-refractivity contribution is 0.102. The van der Waals surface area contributed by atoms with Crippen LogP contribution in [0.4, 0.5) is 0 Å². The average molecular weight is 341 g/mol. The first-order chi connectivity index (χ1) is 9.69. The Morgan fingerprint density at radius 1 is 1.15 bits per heavy atom. The Hall–Kier alpha value is -0.420. The topological polar surface area (TPSA) is 26.7 Å². The van der Waals surface area contributed by atoms with E-state index in [0.29, 0.717) is 0 Å². The summed E-state index contributed by atoms with van der Waals surface area (Å²) < 4.78 is 1.03. The minimum Gasteiger partial charge on any atom is -0.388 e. The second-order valence-electron chi connectivity index (χ2n) is 5.54. The van der Waals surface area contributed by atoms with E-state index in [1.165, 1.54) is 26.1 Å². The predicted octanol–water partition coefficient (Wildman–Crippen LogP) is 2.90. The van der Waals surface area contributed by atoms with Crippen LogP contribution in [0.5, 0.6) is 0 Å². The van der Waals surface area contributed by atoms with E-state index >= 15 is 0 Å². The zero-order valence-electron chi connectivity index (χ0n) is 12.3. The van der Waals surface area contributed by atoms with Crippen molar-refractivity contribution in [2.24, 2.45) is 0 Å². The number of hydrogen-bond acceptors (Lipinski definition) is 3. The first kappa shape index (κ1) is 16.0. The maximum Gasteiger partial charge on any atom is 0.0802 e. The van der Waals surface area contributed by atoms with Crippen LogP contribution in [-0.2, 0) is 0 Å². The number of nitrogens with zero attached hydrogens (tertiary/aromatic N) is 2. The normalized spacial score (nSPS) is 19.1. The fraction of sp³-hybridized carbons (Fsp3) is 0.625. The molecule has 3 nitrogen and oxygen atoms in total. The Balaban J connectivity index is 1.73. The van der Waals surface area contributed by atoms with Crippen LogP contribution in [0.15, 0.2) is 28.7 Å². The summed E-state index contributed by atoms with van der Waals surface area (Å²) in [6.07, 6.45) is 1.69. The summed E-state index contributed by atoms with van der Waals surface area (Å²) in [5.74, 6) is 0. The molecule has 0 bridgehead atoms. The van der Waals surface area contributed by atoms with Gasteiger partial charge in [-0.1, -0.05) is 35.0 Å². The zero-order valence-corrected chi connectivity index (χ0v) is 13.8. The molecule has 1 heterocycles.